The van der Waals surface area contributed by atoms with E-state index in [1.54, 1.807) is 25.1 Å². The van der Waals surface area contributed by atoms with Crippen molar-refractivity contribution in [1.29, 1.82) is 0 Å². The first-order valence-electron chi connectivity index (χ1n) is 8.94. The number of hydrogen-bond donors (Lipinski definition) is 1. The SMILES string of the molecule is Cc1c(C(=O)NC2CCN(CC3CC3)C2)cnn1-c1ccccc1F. The Morgan fingerprint density at radius 2 is 2.12 bits per heavy atom. The second-order valence-electron chi connectivity index (χ2n) is 7.17. The van der Waals surface area contributed by atoms with Gasteiger partial charge in [-0.15, -0.1) is 0 Å². The van der Waals surface area contributed by atoms with Crippen LogP contribution < -0.4 is 5.32 Å². The molecule has 25 heavy (non-hydrogen) atoms. The molecule has 5 nitrogen and oxygen atoms in total. The van der Waals surface area contributed by atoms with E-state index in [-0.39, 0.29) is 17.8 Å². The molecule has 2 aromatic rings. The molecule has 1 N–H and O–H groups in total. The molecule has 4 rings (SSSR count). The number of rotatable bonds is 5. The number of carbonyl (C=O) groups is 1. The van der Waals surface area contributed by atoms with Gasteiger partial charge in [0.2, 0.25) is 0 Å². The Morgan fingerprint density at radius 3 is 2.88 bits per heavy atom. The Labute approximate surface area is 146 Å². The third kappa shape index (κ3) is 3.44. The van der Waals surface area contributed by atoms with Crippen molar-refractivity contribution in [2.45, 2.75) is 32.2 Å². The topological polar surface area (TPSA) is 50.2 Å². The van der Waals surface area contributed by atoms with Gasteiger partial charge in [-0.2, -0.15) is 5.10 Å². The molecule has 1 saturated carbocycles. The number of amides is 1. The average molecular weight is 342 g/mol. The summed E-state index contributed by atoms with van der Waals surface area (Å²) in [5.74, 6) is 0.390. The third-order valence-corrected chi connectivity index (χ3v) is 5.16. The highest BCUT2D eigenvalue weighted by atomic mass is 19.1. The Balaban J connectivity index is 1.43. The highest BCUT2D eigenvalue weighted by Crippen LogP contribution is 2.30. The molecular formula is C19H23FN4O. The van der Waals surface area contributed by atoms with Crippen molar-refractivity contribution in [3.8, 4) is 5.69 Å². The number of aromatic nitrogens is 2. The second kappa shape index (κ2) is 6.59. The summed E-state index contributed by atoms with van der Waals surface area (Å²) in [6.45, 7) is 4.93. The van der Waals surface area contributed by atoms with E-state index < -0.39 is 0 Å². The van der Waals surface area contributed by atoms with Gasteiger partial charge in [-0.25, -0.2) is 9.07 Å². The van der Waals surface area contributed by atoms with Crippen LogP contribution in [-0.2, 0) is 0 Å². The molecule has 2 fully saturated rings. The summed E-state index contributed by atoms with van der Waals surface area (Å²) in [4.78, 5) is 15.1. The van der Waals surface area contributed by atoms with Crippen LogP contribution in [0.1, 0.15) is 35.3 Å². The van der Waals surface area contributed by atoms with Crippen LogP contribution in [-0.4, -0.2) is 46.3 Å². The van der Waals surface area contributed by atoms with Gasteiger partial charge < -0.3 is 10.2 Å². The van der Waals surface area contributed by atoms with Crippen molar-refractivity contribution < 1.29 is 9.18 Å². The van der Waals surface area contributed by atoms with Gasteiger partial charge in [0.05, 0.1) is 17.5 Å². The van der Waals surface area contributed by atoms with Gasteiger partial charge in [0, 0.05) is 25.7 Å². The number of nitrogens with one attached hydrogen (secondary N) is 1. The molecule has 0 spiro atoms. The highest BCUT2D eigenvalue weighted by molar-refractivity contribution is 5.95. The summed E-state index contributed by atoms with van der Waals surface area (Å²) >= 11 is 0. The largest absolute Gasteiger partial charge is 0.348 e. The van der Waals surface area contributed by atoms with Gasteiger partial charge in [-0.3, -0.25) is 4.79 Å². The summed E-state index contributed by atoms with van der Waals surface area (Å²) < 4.78 is 15.5. The van der Waals surface area contributed by atoms with Crippen molar-refractivity contribution in [2.24, 2.45) is 5.92 Å². The lowest BCUT2D eigenvalue weighted by Gasteiger charge is -2.16. The number of benzene rings is 1. The van der Waals surface area contributed by atoms with Crippen LogP contribution in [0.25, 0.3) is 5.69 Å². The number of likely N-dealkylation sites (tertiary alicyclic amines) is 1. The Bertz CT molecular complexity index is 783. The van der Waals surface area contributed by atoms with Crippen molar-refractivity contribution in [3.05, 3.63) is 47.5 Å². The van der Waals surface area contributed by atoms with Gasteiger partial charge >= 0.3 is 0 Å². The molecule has 1 amide bonds. The fraction of sp³-hybridized carbons (Fsp3) is 0.474. The van der Waals surface area contributed by atoms with Gasteiger partial charge in [0.15, 0.2) is 0 Å². The van der Waals surface area contributed by atoms with Crippen molar-refractivity contribution >= 4 is 5.91 Å². The van der Waals surface area contributed by atoms with E-state index in [2.05, 4.69) is 15.3 Å². The van der Waals surface area contributed by atoms with Gasteiger partial charge in [0.1, 0.15) is 11.5 Å². The average Bonchev–Trinajstić information content (AvgIpc) is 3.16. The number of nitrogens with zero attached hydrogens (tertiary/aromatic N) is 3. The monoisotopic (exact) mass is 342 g/mol. The first-order valence-corrected chi connectivity index (χ1v) is 8.94. The zero-order chi connectivity index (χ0) is 17.4. The Morgan fingerprint density at radius 1 is 1.32 bits per heavy atom. The summed E-state index contributed by atoms with van der Waals surface area (Å²) in [6.07, 6.45) is 5.21. The number of hydrogen-bond acceptors (Lipinski definition) is 3. The van der Waals surface area contributed by atoms with Crippen LogP contribution in [0, 0.1) is 18.7 Å². The number of halogens is 1. The number of para-hydroxylation sites is 1. The minimum Gasteiger partial charge on any atom is -0.348 e. The second-order valence-corrected chi connectivity index (χ2v) is 7.17. The van der Waals surface area contributed by atoms with Crippen LogP contribution in [0.5, 0.6) is 0 Å². The van der Waals surface area contributed by atoms with E-state index >= 15 is 0 Å². The predicted molar refractivity (Wildman–Crippen MR) is 93.3 cm³/mol. The molecule has 0 bridgehead atoms. The fourth-order valence-corrected chi connectivity index (χ4v) is 3.54. The van der Waals surface area contributed by atoms with Crippen LogP contribution in [0.3, 0.4) is 0 Å². The molecule has 1 aromatic heterocycles. The molecule has 132 valence electrons. The minimum atomic E-state index is -0.354. The zero-order valence-corrected chi connectivity index (χ0v) is 14.4. The maximum Gasteiger partial charge on any atom is 0.255 e. The molecule has 2 heterocycles. The quantitative estimate of drug-likeness (QED) is 0.908. The van der Waals surface area contributed by atoms with Crippen LogP contribution >= 0.6 is 0 Å². The van der Waals surface area contributed by atoms with E-state index in [1.807, 2.05) is 0 Å². The highest BCUT2D eigenvalue weighted by Gasteiger charge is 2.30. The van der Waals surface area contributed by atoms with Crippen molar-refractivity contribution in [3.63, 3.8) is 0 Å². The lowest BCUT2D eigenvalue weighted by atomic mass is 10.2. The maximum atomic E-state index is 14.0. The van der Waals surface area contributed by atoms with Crippen LogP contribution in [0.2, 0.25) is 0 Å². The van der Waals surface area contributed by atoms with Crippen LogP contribution in [0.15, 0.2) is 30.5 Å². The molecule has 1 saturated heterocycles. The van der Waals surface area contributed by atoms with Gasteiger partial charge in [-0.1, -0.05) is 12.1 Å². The summed E-state index contributed by atoms with van der Waals surface area (Å²) in [6, 6.07) is 6.63. The van der Waals surface area contributed by atoms with Gasteiger partial charge in [-0.05, 0) is 44.2 Å². The van der Waals surface area contributed by atoms with E-state index in [1.165, 1.54) is 29.8 Å². The molecule has 6 heteroatoms. The number of carbonyl (C=O) groups excluding carboxylic acids is 1. The molecule has 1 aliphatic carbocycles. The predicted octanol–water partition coefficient (Wildman–Crippen LogP) is 2.53. The Hall–Kier alpha value is -2.21. The smallest absolute Gasteiger partial charge is 0.255 e. The third-order valence-electron chi connectivity index (χ3n) is 5.16. The van der Waals surface area contributed by atoms with E-state index in [4.69, 9.17) is 0 Å². The first kappa shape index (κ1) is 16.3. The Kier molecular flexibility index (Phi) is 4.29. The molecule has 0 radical (unpaired) electrons. The summed E-state index contributed by atoms with van der Waals surface area (Å²) in [7, 11) is 0. The molecule has 2 aliphatic rings. The van der Waals surface area contributed by atoms with Crippen molar-refractivity contribution in [2.75, 3.05) is 19.6 Å². The molecule has 1 aliphatic heterocycles. The van der Waals surface area contributed by atoms with E-state index in [0.29, 0.717) is 16.9 Å². The van der Waals surface area contributed by atoms with Crippen LogP contribution in [0.4, 0.5) is 4.39 Å². The lowest BCUT2D eigenvalue weighted by molar-refractivity contribution is 0.0937. The minimum absolute atomic E-state index is 0.127. The van der Waals surface area contributed by atoms with E-state index in [0.717, 1.165) is 32.0 Å². The fourth-order valence-electron chi connectivity index (χ4n) is 3.54. The summed E-state index contributed by atoms with van der Waals surface area (Å²) in [5.41, 5.74) is 1.51. The molecule has 1 unspecified atom stereocenters. The van der Waals surface area contributed by atoms with E-state index in [9.17, 15) is 9.18 Å². The standard InChI is InChI=1S/C19H23FN4O/c1-13-16(10-21-24(13)18-5-3-2-4-17(18)20)19(25)22-15-8-9-23(12-15)11-14-6-7-14/h2-5,10,14-15H,6-9,11-12H2,1H3,(H,22,25). The molecule has 1 aromatic carbocycles. The normalized spacial score (nSPS) is 20.8. The van der Waals surface area contributed by atoms with Crippen molar-refractivity contribution in [1.82, 2.24) is 20.0 Å². The van der Waals surface area contributed by atoms with Gasteiger partial charge in [0.25, 0.3) is 5.91 Å². The summed E-state index contributed by atoms with van der Waals surface area (Å²) in [5, 5.41) is 7.32. The zero-order valence-electron chi connectivity index (χ0n) is 14.4. The molecule has 1 atom stereocenters. The lowest BCUT2D eigenvalue weighted by Crippen LogP contribution is -2.37. The molecular weight excluding hydrogens is 319 g/mol. The first-order chi connectivity index (χ1) is 12.1. The maximum absolute atomic E-state index is 14.0.